The van der Waals surface area contributed by atoms with E-state index in [1.54, 1.807) is 0 Å². The van der Waals surface area contributed by atoms with Crippen molar-refractivity contribution in [2.75, 3.05) is 19.8 Å². The molecular weight excluding hydrogens is 366 g/mol. The SMILES string of the molecule is CCCCCCCCCCCCCCCCOCCOP(=O)([O-])O.[K+]. The number of hydrogen-bond acceptors (Lipinski definition) is 4. The summed E-state index contributed by atoms with van der Waals surface area (Å²) in [5, 5.41) is 0. The normalized spacial score (nSPS) is 13.4. The van der Waals surface area contributed by atoms with E-state index in [1.165, 1.54) is 77.0 Å². The minimum Gasteiger partial charge on any atom is -0.756 e. The molecule has 1 atom stereocenters. The molecule has 0 fully saturated rings. The summed E-state index contributed by atoms with van der Waals surface area (Å²) in [7, 11) is -4.59. The predicted octanol–water partition coefficient (Wildman–Crippen LogP) is 1.97. The van der Waals surface area contributed by atoms with Gasteiger partial charge in [0.15, 0.2) is 0 Å². The molecule has 5 nitrogen and oxygen atoms in total. The van der Waals surface area contributed by atoms with Crippen LogP contribution in [0.1, 0.15) is 96.8 Å². The third kappa shape index (κ3) is 28.0. The van der Waals surface area contributed by atoms with E-state index >= 15 is 0 Å². The molecule has 0 aromatic rings. The van der Waals surface area contributed by atoms with Gasteiger partial charge in [-0.3, -0.25) is 4.57 Å². The summed E-state index contributed by atoms with van der Waals surface area (Å²) in [6.07, 6.45) is 18.5. The van der Waals surface area contributed by atoms with Gasteiger partial charge in [0.05, 0.1) is 13.2 Å². The zero-order valence-electron chi connectivity index (χ0n) is 16.5. The van der Waals surface area contributed by atoms with Gasteiger partial charge in [0.2, 0.25) is 0 Å². The minimum atomic E-state index is -4.59. The van der Waals surface area contributed by atoms with Crippen molar-refractivity contribution >= 4 is 7.82 Å². The van der Waals surface area contributed by atoms with E-state index in [4.69, 9.17) is 9.63 Å². The van der Waals surface area contributed by atoms with Gasteiger partial charge in [-0.1, -0.05) is 90.4 Å². The number of rotatable bonds is 19. The van der Waals surface area contributed by atoms with E-state index in [0.29, 0.717) is 6.61 Å². The number of unbranched alkanes of at least 4 members (excludes halogenated alkanes) is 13. The fourth-order valence-electron chi connectivity index (χ4n) is 2.71. The number of hydrogen-bond donors (Lipinski definition) is 1. The van der Waals surface area contributed by atoms with Crippen LogP contribution in [0.25, 0.3) is 0 Å². The second-order valence-corrected chi connectivity index (χ2v) is 7.71. The van der Waals surface area contributed by atoms with Crippen LogP contribution in [0, 0.1) is 0 Å². The van der Waals surface area contributed by atoms with E-state index < -0.39 is 7.82 Å². The summed E-state index contributed by atoms with van der Waals surface area (Å²) in [4.78, 5) is 18.7. The molecule has 0 radical (unpaired) electrons. The Balaban J connectivity index is 0. The fraction of sp³-hybridized carbons (Fsp3) is 1.00. The van der Waals surface area contributed by atoms with E-state index in [0.717, 1.165) is 12.8 Å². The number of phosphoric ester groups is 1. The van der Waals surface area contributed by atoms with Crippen molar-refractivity contribution in [2.24, 2.45) is 0 Å². The molecule has 1 unspecified atom stereocenters. The van der Waals surface area contributed by atoms with Crippen LogP contribution in [-0.2, 0) is 13.8 Å². The van der Waals surface area contributed by atoms with Gasteiger partial charge >= 0.3 is 51.4 Å². The molecule has 1 N–H and O–H groups in total. The number of phosphoric acid groups is 1. The van der Waals surface area contributed by atoms with E-state index in [2.05, 4.69) is 11.4 Å². The molecule has 0 aromatic heterocycles. The Morgan fingerprint density at radius 1 is 0.720 bits per heavy atom. The summed E-state index contributed by atoms with van der Waals surface area (Å²) in [5.74, 6) is 0. The van der Waals surface area contributed by atoms with E-state index in [-0.39, 0.29) is 64.6 Å². The summed E-state index contributed by atoms with van der Waals surface area (Å²) in [6, 6.07) is 0. The first kappa shape index (κ1) is 28.9. The second-order valence-electron chi connectivity index (χ2n) is 6.51. The van der Waals surface area contributed by atoms with Crippen LogP contribution >= 0.6 is 7.82 Å². The zero-order chi connectivity index (χ0) is 17.9. The Kier molecular flexibility index (Phi) is 25.4. The largest absolute Gasteiger partial charge is 1.00 e. The van der Waals surface area contributed by atoms with Crippen LogP contribution in [0.2, 0.25) is 0 Å². The summed E-state index contributed by atoms with van der Waals surface area (Å²) < 4.78 is 19.7. The van der Waals surface area contributed by atoms with Gasteiger partial charge in [0.1, 0.15) is 0 Å². The minimum absolute atomic E-state index is 0. The van der Waals surface area contributed by atoms with Gasteiger partial charge < -0.3 is 19.0 Å². The zero-order valence-corrected chi connectivity index (χ0v) is 20.6. The second kappa shape index (κ2) is 22.0. The Bertz CT molecular complexity index is 299. The topological polar surface area (TPSA) is 78.8 Å². The van der Waals surface area contributed by atoms with Crippen LogP contribution < -0.4 is 56.3 Å². The third-order valence-electron chi connectivity index (χ3n) is 4.12. The molecule has 25 heavy (non-hydrogen) atoms. The van der Waals surface area contributed by atoms with Gasteiger partial charge in [-0.2, -0.15) is 0 Å². The molecule has 0 rings (SSSR count). The third-order valence-corrected chi connectivity index (χ3v) is 4.63. The standard InChI is InChI=1S/C18H39O5P.K/c1-2-3-4-5-6-7-8-9-10-11-12-13-14-15-16-22-17-18-23-24(19,20)21;/h2-18H2,1H3,(H2,19,20,21);/q;+1/p-1. The van der Waals surface area contributed by atoms with Gasteiger partial charge in [-0.05, 0) is 6.42 Å². The Hall–Kier alpha value is 1.71. The molecule has 0 saturated heterocycles. The van der Waals surface area contributed by atoms with Crippen LogP contribution in [0.15, 0.2) is 0 Å². The molecule has 0 bridgehead atoms. The molecule has 0 spiro atoms. The fourth-order valence-corrected chi connectivity index (χ4v) is 3.02. The van der Waals surface area contributed by atoms with E-state index in [1.807, 2.05) is 0 Å². The number of ether oxygens (including phenoxy) is 1. The van der Waals surface area contributed by atoms with Crippen molar-refractivity contribution in [3.63, 3.8) is 0 Å². The molecular formula is C18H38KO5P. The molecule has 0 aromatic carbocycles. The van der Waals surface area contributed by atoms with Crippen molar-refractivity contribution in [1.82, 2.24) is 0 Å². The van der Waals surface area contributed by atoms with Crippen molar-refractivity contribution in [3.8, 4) is 0 Å². The molecule has 0 aliphatic rings. The Labute approximate surface area is 197 Å². The maximum atomic E-state index is 10.3. The summed E-state index contributed by atoms with van der Waals surface area (Å²) in [6.45, 7) is 2.97. The van der Waals surface area contributed by atoms with Gasteiger partial charge in [0.25, 0.3) is 7.82 Å². The Morgan fingerprint density at radius 3 is 1.52 bits per heavy atom. The van der Waals surface area contributed by atoms with Gasteiger partial charge in [-0.25, -0.2) is 0 Å². The molecule has 0 amide bonds. The van der Waals surface area contributed by atoms with Crippen LogP contribution in [0.3, 0.4) is 0 Å². The van der Waals surface area contributed by atoms with Crippen molar-refractivity contribution in [3.05, 3.63) is 0 Å². The average Bonchev–Trinajstić information content (AvgIpc) is 2.52. The molecule has 146 valence electrons. The van der Waals surface area contributed by atoms with Crippen LogP contribution in [0.4, 0.5) is 0 Å². The first-order chi connectivity index (χ1) is 11.6. The van der Waals surface area contributed by atoms with Crippen LogP contribution in [0.5, 0.6) is 0 Å². The average molecular weight is 405 g/mol. The van der Waals surface area contributed by atoms with Gasteiger partial charge in [-0.15, -0.1) is 0 Å². The monoisotopic (exact) mass is 404 g/mol. The van der Waals surface area contributed by atoms with E-state index in [9.17, 15) is 9.46 Å². The summed E-state index contributed by atoms with van der Waals surface area (Å²) >= 11 is 0. The molecule has 7 heteroatoms. The van der Waals surface area contributed by atoms with Crippen molar-refractivity contribution in [1.29, 1.82) is 0 Å². The Morgan fingerprint density at radius 2 is 1.12 bits per heavy atom. The quantitative estimate of drug-likeness (QED) is 0.202. The molecule has 0 aliphatic carbocycles. The molecule has 0 saturated carbocycles. The maximum absolute atomic E-state index is 10.3. The van der Waals surface area contributed by atoms with Crippen molar-refractivity contribution < 1.29 is 75.0 Å². The maximum Gasteiger partial charge on any atom is 1.00 e. The smallest absolute Gasteiger partial charge is 0.756 e. The van der Waals surface area contributed by atoms with Crippen molar-refractivity contribution in [2.45, 2.75) is 96.8 Å². The first-order valence-corrected chi connectivity index (χ1v) is 11.3. The summed E-state index contributed by atoms with van der Waals surface area (Å²) in [5.41, 5.74) is 0. The predicted molar refractivity (Wildman–Crippen MR) is 96.9 cm³/mol. The van der Waals surface area contributed by atoms with Gasteiger partial charge in [0, 0.05) is 6.61 Å². The van der Waals surface area contributed by atoms with Crippen LogP contribution in [-0.4, -0.2) is 24.7 Å². The first-order valence-electron chi connectivity index (χ1n) is 9.82. The molecule has 0 heterocycles. The molecule has 0 aliphatic heterocycles.